The Morgan fingerprint density at radius 3 is 2.04 bits per heavy atom. The SMILES string of the molecule is CCOC(=O)C1=CC(C)(C)[C@](C)(O[Si](C)(C)C(C)(C)C)C(C)(C)C1. The molecule has 0 saturated carbocycles. The highest BCUT2D eigenvalue weighted by molar-refractivity contribution is 6.74. The fraction of sp³-hybridized carbons (Fsp3) is 0.850. The summed E-state index contributed by atoms with van der Waals surface area (Å²) in [6, 6.07) is 0. The molecule has 1 aliphatic rings. The minimum atomic E-state index is -1.95. The second-order valence-corrected chi connectivity index (χ2v) is 14.8. The first-order valence-corrected chi connectivity index (χ1v) is 12.0. The van der Waals surface area contributed by atoms with Crippen molar-refractivity contribution in [1.82, 2.24) is 0 Å². The van der Waals surface area contributed by atoms with E-state index in [0.29, 0.717) is 13.0 Å². The van der Waals surface area contributed by atoms with E-state index in [4.69, 9.17) is 9.16 Å². The van der Waals surface area contributed by atoms with Gasteiger partial charge in [0.1, 0.15) is 0 Å². The van der Waals surface area contributed by atoms with Gasteiger partial charge in [-0.3, -0.25) is 0 Å². The fourth-order valence-corrected chi connectivity index (χ4v) is 5.30. The summed E-state index contributed by atoms with van der Waals surface area (Å²) in [6.07, 6.45) is 2.77. The van der Waals surface area contributed by atoms with Crippen LogP contribution in [0.4, 0.5) is 0 Å². The monoisotopic (exact) mass is 354 g/mol. The second kappa shape index (κ2) is 6.28. The molecule has 0 unspecified atom stereocenters. The van der Waals surface area contributed by atoms with E-state index in [-0.39, 0.29) is 27.4 Å². The van der Waals surface area contributed by atoms with E-state index < -0.39 is 8.32 Å². The topological polar surface area (TPSA) is 35.5 Å². The molecule has 0 aromatic heterocycles. The number of rotatable bonds is 4. The van der Waals surface area contributed by atoms with E-state index in [1.165, 1.54) is 0 Å². The minimum Gasteiger partial charge on any atom is -0.463 e. The minimum absolute atomic E-state index is 0.146. The van der Waals surface area contributed by atoms with Gasteiger partial charge in [-0.15, -0.1) is 0 Å². The summed E-state index contributed by atoms with van der Waals surface area (Å²) < 4.78 is 12.2. The Kier molecular flexibility index (Phi) is 5.61. The van der Waals surface area contributed by atoms with Crippen molar-refractivity contribution in [2.75, 3.05) is 6.61 Å². The molecule has 0 bridgehead atoms. The Morgan fingerprint density at radius 2 is 1.67 bits per heavy atom. The lowest BCUT2D eigenvalue weighted by Crippen LogP contribution is -2.62. The third-order valence-electron chi connectivity index (χ3n) is 6.49. The molecular formula is C20H38O3Si. The molecule has 0 aromatic rings. The predicted molar refractivity (Wildman–Crippen MR) is 104 cm³/mol. The van der Waals surface area contributed by atoms with Crippen molar-refractivity contribution in [2.45, 2.75) is 92.5 Å². The summed E-state index contributed by atoms with van der Waals surface area (Å²) in [5, 5.41) is 0.146. The molecule has 0 saturated heterocycles. The lowest BCUT2D eigenvalue weighted by atomic mass is 9.56. The lowest BCUT2D eigenvalue weighted by molar-refractivity contribution is -0.143. The van der Waals surface area contributed by atoms with Crippen molar-refractivity contribution in [1.29, 1.82) is 0 Å². The Bertz CT molecular complexity index is 523. The first kappa shape index (κ1) is 21.4. The lowest BCUT2D eigenvalue weighted by Gasteiger charge is -2.59. The molecule has 0 aliphatic heterocycles. The molecule has 0 heterocycles. The number of esters is 1. The van der Waals surface area contributed by atoms with E-state index in [0.717, 1.165) is 5.57 Å². The molecule has 0 amide bonds. The van der Waals surface area contributed by atoms with Crippen LogP contribution in [0.25, 0.3) is 0 Å². The summed E-state index contributed by atoms with van der Waals surface area (Å²) >= 11 is 0. The number of ether oxygens (including phenoxy) is 1. The van der Waals surface area contributed by atoms with E-state index >= 15 is 0 Å². The van der Waals surface area contributed by atoms with E-state index in [1.807, 2.05) is 6.92 Å². The zero-order valence-corrected chi connectivity index (χ0v) is 18.7. The maximum atomic E-state index is 12.3. The summed E-state index contributed by atoms with van der Waals surface area (Å²) in [5.74, 6) is -0.187. The average Bonchev–Trinajstić information content (AvgIpc) is 2.33. The molecule has 3 nitrogen and oxygen atoms in total. The molecule has 140 valence electrons. The summed E-state index contributed by atoms with van der Waals surface area (Å²) in [5.41, 5.74) is 0.0111. The van der Waals surface area contributed by atoms with Crippen molar-refractivity contribution in [3.05, 3.63) is 11.6 Å². The third kappa shape index (κ3) is 3.64. The van der Waals surface area contributed by atoms with Crippen molar-refractivity contribution in [3.63, 3.8) is 0 Å². The van der Waals surface area contributed by atoms with E-state index in [1.54, 1.807) is 0 Å². The number of hydrogen-bond acceptors (Lipinski definition) is 3. The maximum Gasteiger partial charge on any atom is 0.333 e. The highest BCUT2D eigenvalue weighted by Crippen LogP contribution is 2.57. The van der Waals surface area contributed by atoms with E-state index in [2.05, 4.69) is 74.6 Å². The zero-order valence-electron chi connectivity index (χ0n) is 17.7. The van der Waals surface area contributed by atoms with Crippen LogP contribution in [0.1, 0.15) is 68.7 Å². The number of hydrogen-bond donors (Lipinski definition) is 0. The maximum absolute atomic E-state index is 12.3. The molecule has 24 heavy (non-hydrogen) atoms. The molecular weight excluding hydrogens is 316 g/mol. The van der Waals surface area contributed by atoms with Gasteiger partial charge < -0.3 is 9.16 Å². The standard InChI is InChI=1S/C20H38O3Si/c1-12-22-16(21)15-13-18(5,6)20(9,19(7,8)14-15)23-24(10,11)17(2,3)4/h13H,12,14H2,1-11H3/t20-/m0/s1. The predicted octanol–water partition coefficient (Wildman–Crippen LogP) is 5.71. The molecule has 1 atom stereocenters. The molecule has 0 fully saturated rings. The van der Waals surface area contributed by atoms with Crippen LogP contribution in [0.3, 0.4) is 0 Å². The van der Waals surface area contributed by atoms with Crippen molar-refractivity contribution in [3.8, 4) is 0 Å². The summed E-state index contributed by atoms with van der Waals surface area (Å²) in [4.78, 5) is 12.3. The molecule has 1 rings (SSSR count). The van der Waals surface area contributed by atoms with Crippen LogP contribution in [-0.4, -0.2) is 26.5 Å². The van der Waals surface area contributed by atoms with Gasteiger partial charge in [0.15, 0.2) is 8.32 Å². The molecule has 0 N–H and O–H groups in total. The van der Waals surface area contributed by atoms with E-state index in [9.17, 15) is 4.79 Å². The number of carbonyl (C=O) groups is 1. The first-order chi connectivity index (χ1) is 10.5. The van der Waals surface area contributed by atoms with Crippen molar-refractivity contribution >= 4 is 14.3 Å². The summed E-state index contributed by atoms with van der Waals surface area (Å²) in [7, 11) is -1.95. The van der Waals surface area contributed by atoms with Gasteiger partial charge in [0.25, 0.3) is 0 Å². The Labute approximate surface area is 150 Å². The van der Waals surface area contributed by atoms with Gasteiger partial charge in [-0.2, -0.15) is 0 Å². The third-order valence-corrected chi connectivity index (χ3v) is 11.0. The van der Waals surface area contributed by atoms with Crippen LogP contribution in [0, 0.1) is 10.8 Å². The number of carbonyl (C=O) groups excluding carboxylic acids is 1. The van der Waals surface area contributed by atoms with Crippen LogP contribution < -0.4 is 0 Å². The van der Waals surface area contributed by atoms with Crippen LogP contribution in [-0.2, 0) is 14.0 Å². The first-order valence-electron chi connectivity index (χ1n) is 9.10. The van der Waals surface area contributed by atoms with Crippen LogP contribution >= 0.6 is 0 Å². The van der Waals surface area contributed by atoms with Gasteiger partial charge in [0.2, 0.25) is 0 Å². The van der Waals surface area contributed by atoms with Crippen molar-refractivity contribution in [2.24, 2.45) is 10.8 Å². The molecule has 1 aliphatic carbocycles. The highest BCUT2D eigenvalue weighted by atomic mass is 28.4. The quantitative estimate of drug-likeness (QED) is 0.479. The van der Waals surface area contributed by atoms with Crippen LogP contribution in [0.5, 0.6) is 0 Å². The van der Waals surface area contributed by atoms with Gasteiger partial charge >= 0.3 is 5.97 Å². The van der Waals surface area contributed by atoms with Crippen molar-refractivity contribution < 1.29 is 14.0 Å². The normalized spacial score (nSPS) is 26.7. The molecule has 4 heteroatoms. The van der Waals surface area contributed by atoms with Gasteiger partial charge in [-0.1, -0.05) is 54.5 Å². The Balaban J connectivity index is 3.36. The largest absolute Gasteiger partial charge is 0.463 e. The average molecular weight is 355 g/mol. The Hall–Kier alpha value is -0.613. The van der Waals surface area contributed by atoms with Gasteiger partial charge in [0.05, 0.1) is 12.2 Å². The van der Waals surface area contributed by atoms with Crippen LogP contribution in [0.2, 0.25) is 18.1 Å². The van der Waals surface area contributed by atoms with Crippen LogP contribution in [0.15, 0.2) is 11.6 Å². The van der Waals surface area contributed by atoms with Gasteiger partial charge in [-0.05, 0) is 43.8 Å². The molecule has 0 aromatic carbocycles. The Morgan fingerprint density at radius 1 is 1.17 bits per heavy atom. The fourth-order valence-electron chi connectivity index (χ4n) is 3.43. The smallest absolute Gasteiger partial charge is 0.333 e. The molecule has 0 spiro atoms. The summed E-state index contributed by atoms with van der Waals surface area (Å²) in [6.45, 7) is 24.7. The van der Waals surface area contributed by atoms with Gasteiger partial charge in [0, 0.05) is 11.0 Å². The zero-order chi connectivity index (χ0) is 19.2. The molecule has 0 radical (unpaired) electrons. The highest BCUT2D eigenvalue weighted by Gasteiger charge is 2.58. The van der Waals surface area contributed by atoms with Gasteiger partial charge in [-0.25, -0.2) is 4.79 Å². The second-order valence-electron chi connectivity index (χ2n) is 10.1.